The number of hydrogen-bond acceptors (Lipinski definition) is 6. The number of aromatic nitrogens is 2. The van der Waals surface area contributed by atoms with Gasteiger partial charge in [-0.05, 0) is 61.4 Å². The van der Waals surface area contributed by atoms with E-state index in [2.05, 4.69) is 20.8 Å². The van der Waals surface area contributed by atoms with Gasteiger partial charge >= 0.3 is 0 Å². The summed E-state index contributed by atoms with van der Waals surface area (Å²) in [6, 6.07) is 12.6. The van der Waals surface area contributed by atoms with E-state index in [1.165, 1.54) is 17.3 Å². The second-order valence-corrected chi connectivity index (χ2v) is 7.09. The highest BCUT2D eigenvalue weighted by molar-refractivity contribution is 7.99. The van der Waals surface area contributed by atoms with Crippen LogP contribution in [0.25, 0.3) is 11.5 Å². The Hall–Kier alpha value is -3.13. The van der Waals surface area contributed by atoms with E-state index in [4.69, 9.17) is 4.42 Å². The Morgan fingerprint density at radius 2 is 1.79 bits per heavy atom. The Kier molecular flexibility index (Phi) is 6.10. The molecule has 0 aliphatic rings. The number of anilines is 1. The summed E-state index contributed by atoms with van der Waals surface area (Å²) in [5, 5.41) is 13.7. The first kappa shape index (κ1) is 19.6. The number of nitrogens with one attached hydrogen (secondary N) is 2. The fourth-order valence-electron chi connectivity index (χ4n) is 2.43. The highest BCUT2D eigenvalue weighted by Gasteiger charge is 2.12. The molecule has 144 valence electrons. The predicted molar refractivity (Wildman–Crippen MR) is 108 cm³/mol. The van der Waals surface area contributed by atoms with Crippen LogP contribution in [-0.2, 0) is 4.79 Å². The van der Waals surface area contributed by atoms with E-state index >= 15 is 0 Å². The molecule has 0 unspecified atom stereocenters. The predicted octanol–water partition coefficient (Wildman–Crippen LogP) is 3.44. The maximum Gasteiger partial charge on any atom is 0.277 e. The molecule has 0 spiro atoms. The van der Waals surface area contributed by atoms with E-state index in [0.717, 1.165) is 11.1 Å². The van der Waals surface area contributed by atoms with Crippen molar-refractivity contribution in [2.24, 2.45) is 0 Å². The molecule has 8 heteroatoms. The summed E-state index contributed by atoms with van der Waals surface area (Å²) < 4.78 is 5.64. The Labute approximate surface area is 166 Å². The third-order valence-corrected chi connectivity index (χ3v) is 4.96. The quantitative estimate of drug-likeness (QED) is 0.620. The fraction of sp³-hybridized carbons (Fsp3) is 0.200. The van der Waals surface area contributed by atoms with Crippen LogP contribution >= 0.6 is 11.8 Å². The van der Waals surface area contributed by atoms with Crippen LogP contribution in [0.1, 0.15) is 21.5 Å². The minimum atomic E-state index is -0.205. The van der Waals surface area contributed by atoms with E-state index in [1.807, 2.05) is 32.0 Å². The van der Waals surface area contributed by atoms with Gasteiger partial charge in [0.25, 0.3) is 11.1 Å². The summed E-state index contributed by atoms with van der Waals surface area (Å²) in [4.78, 5) is 23.6. The van der Waals surface area contributed by atoms with E-state index in [9.17, 15) is 9.59 Å². The number of thioether (sulfide) groups is 1. The monoisotopic (exact) mass is 396 g/mol. The molecule has 0 saturated carbocycles. The molecule has 0 aliphatic carbocycles. The zero-order chi connectivity index (χ0) is 20.1. The smallest absolute Gasteiger partial charge is 0.277 e. The van der Waals surface area contributed by atoms with Crippen LogP contribution in [0, 0.1) is 13.8 Å². The zero-order valence-corrected chi connectivity index (χ0v) is 16.6. The van der Waals surface area contributed by atoms with Crippen molar-refractivity contribution in [1.82, 2.24) is 15.5 Å². The van der Waals surface area contributed by atoms with Crippen molar-refractivity contribution < 1.29 is 14.0 Å². The molecule has 0 bridgehead atoms. The van der Waals surface area contributed by atoms with Gasteiger partial charge < -0.3 is 15.1 Å². The van der Waals surface area contributed by atoms with Gasteiger partial charge in [-0.15, -0.1) is 10.2 Å². The Morgan fingerprint density at radius 3 is 2.46 bits per heavy atom. The van der Waals surface area contributed by atoms with Gasteiger partial charge in [0.15, 0.2) is 0 Å². The van der Waals surface area contributed by atoms with Crippen molar-refractivity contribution in [3.05, 3.63) is 59.2 Å². The van der Waals surface area contributed by atoms with Crippen molar-refractivity contribution in [3.8, 4) is 11.5 Å². The van der Waals surface area contributed by atoms with Gasteiger partial charge in [-0.25, -0.2) is 0 Å². The van der Waals surface area contributed by atoms with Crippen LogP contribution in [0.2, 0.25) is 0 Å². The van der Waals surface area contributed by atoms with Crippen molar-refractivity contribution in [1.29, 1.82) is 0 Å². The highest BCUT2D eigenvalue weighted by atomic mass is 32.2. The fourth-order valence-corrected chi connectivity index (χ4v) is 3.00. The van der Waals surface area contributed by atoms with Crippen molar-refractivity contribution in [2.45, 2.75) is 19.1 Å². The van der Waals surface area contributed by atoms with Gasteiger partial charge in [0.2, 0.25) is 11.8 Å². The number of rotatable bonds is 6. The average molecular weight is 396 g/mol. The zero-order valence-electron chi connectivity index (χ0n) is 15.8. The van der Waals surface area contributed by atoms with E-state index < -0.39 is 0 Å². The molecule has 2 amide bonds. The standard InChI is InChI=1S/C20H20N4O3S/c1-12-4-5-15(10-13(12)2)19-23-24-20(27-19)28-11-17(25)22-16-8-6-14(7-9-16)18(26)21-3/h4-10H,11H2,1-3H3,(H,21,26)(H,22,25). The van der Waals surface area contributed by atoms with Gasteiger partial charge in [0, 0.05) is 23.9 Å². The number of hydrogen-bond donors (Lipinski definition) is 2. The summed E-state index contributed by atoms with van der Waals surface area (Å²) in [6.45, 7) is 4.06. The van der Waals surface area contributed by atoms with Crippen molar-refractivity contribution in [3.63, 3.8) is 0 Å². The molecule has 1 aromatic heterocycles. The molecule has 0 aliphatic heterocycles. The maximum absolute atomic E-state index is 12.1. The third-order valence-electron chi connectivity index (χ3n) is 4.14. The highest BCUT2D eigenvalue weighted by Crippen LogP contribution is 2.25. The molecule has 0 fully saturated rings. The lowest BCUT2D eigenvalue weighted by Gasteiger charge is -2.05. The van der Waals surface area contributed by atoms with Gasteiger partial charge in [0.05, 0.1) is 5.75 Å². The number of benzene rings is 2. The van der Waals surface area contributed by atoms with Crippen LogP contribution in [-0.4, -0.2) is 34.8 Å². The molecule has 7 nitrogen and oxygen atoms in total. The lowest BCUT2D eigenvalue weighted by Crippen LogP contribution is -2.18. The molecule has 0 atom stereocenters. The Morgan fingerprint density at radius 1 is 1.04 bits per heavy atom. The van der Waals surface area contributed by atoms with Crippen LogP contribution in [0.4, 0.5) is 5.69 Å². The number of carbonyl (C=O) groups is 2. The molecule has 2 aromatic carbocycles. The second-order valence-electron chi connectivity index (χ2n) is 6.17. The van der Waals surface area contributed by atoms with Gasteiger partial charge in [-0.3, -0.25) is 9.59 Å². The SMILES string of the molecule is CNC(=O)c1ccc(NC(=O)CSc2nnc(-c3ccc(C)c(C)c3)o2)cc1. The summed E-state index contributed by atoms with van der Waals surface area (Å²) in [6.07, 6.45) is 0. The minimum absolute atomic E-state index is 0.131. The van der Waals surface area contributed by atoms with Crippen LogP contribution in [0.3, 0.4) is 0 Å². The van der Waals surface area contributed by atoms with E-state index in [0.29, 0.717) is 22.4 Å². The number of nitrogens with zero attached hydrogens (tertiary/aromatic N) is 2. The largest absolute Gasteiger partial charge is 0.411 e. The lowest BCUT2D eigenvalue weighted by molar-refractivity contribution is -0.113. The van der Waals surface area contributed by atoms with E-state index in [1.54, 1.807) is 31.3 Å². The second kappa shape index (κ2) is 8.71. The summed E-state index contributed by atoms with van der Waals surface area (Å²) in [5.74, 6) is 0.176. The maximum atomic E-state index is 12.1. The summed E-state index contributed by atoms with van der Waals surface area (Å²) in [5.41, 5.74) is 4.33. The van der Waals surface area contributed by atoms with Gasteiger partial charge in [0.1, 0.15) is 0 Å². The minimum Gasteiger partial charge on any atom is -0.411 e. The molecule has 0 radical (unpaired) electrons. The first-order valence-corrected chi connectivity index (χ1v) is 9.61. The number of amides is 2. The van der Waals surface area contributed by atoms with Gasteiger partial charge in [-0.2, -0.15) is 0 Å². The molecular weight excluding hydrogens is 376 g/mol. The summed E-state index contributed by atoms with van der Waals surface area (Å²) in [7, 11) is 1.57. The molecule has 3 aromatic rings. The first-order chi connectivity index (χ1) is 13.5. The van der Waals surface area contributed by atoms with Crippen molar-refractivity contribution >= 4 is 29.3 Å². The Bertz CT molecular complexity index is 999. The van der Waals surface area contributed by atoms with Crippen LogP contribution in [0.5, 0.6) is 0 Å². The van der Waals surface area contributed by atoms with E-state index in [-0.39, 0.29) is 17.6 Å². The summed E-state index contributed by atoms with van der Waals surface area (Å²) >= 11 is 1.17. The topological polar surface area (TPSA) is 97.1 Å². The molecule has 1 heterocycles. The third kappa shape index (κ3) is 4.77. The van der Waals surface area contributed by atoms with Gasteiger partial charge in [-0.1, -0.05) is 17.8 Å². The molecular formula is C20H20N4O3S. The average Bonchev–Trinajstić information content (AvgIpc) is 3.17. The normalized spacial score (nSPS) is 10.5. The molecule has 28 heavy (non-hydrogen) atoms. The van der Waals surface area contributed by atoms with Crippen molar-refractivity contribution in [2.75, 3.05) is 18.1 Å². The molecule has 0 saturated heterocycles. The lowest BCUT2D eigenvalue weighted by atomic mass is 10.1. The molecule has 3 rings (SSSR count). The van der Waals surface area contributed by atoms with Crippen LogP contribution in [0.15, 0.2) is 52.1 Å². The Balaban J connectivity index is 1.55. The first-order valence-electron chi connectivity index (χ1n) is 8.62. The number of aryl methyl sites for hydroxylation is 2. The van der Waals surface area contributed by atoms with Crippen LogP contribution < -0.4 is 10.6 Å². The number of carbonyl (C=O) groups excluding carboxylic acids is 2. The molecule has 2 N–H and O–H groups in total.